The first-order valence-electron chi connectivity index (χ1n) is 9.06. The second-order valence-corrected chi connectivity index (χ2v) is 6.99. The Labute approximate surface area is 153 Å². The van der Waals surface area contributed by atoms with Gasteiger partial charge >= 0.3 is 0 Å². The number of aryl methyl sites for hydroxylation is 1. The molecule has 0 radical (unpaired) electrons. The summed E-state index contributed by atoms with van der Waals surface area (Å²) < 4.78 is 6.47. The van der Waals surface area contributed by atoms with E-state index in [1.807, 2.05) is 19.1 Å². The summed E-state index contributed by atoms with van der Waals surface area (Å²) in [6, 6.07) is 8.85. The van der Waals surface area contributed by atoms with Gasteiger partial charge in [-0.05, 0) is 37.8 Å². The maximum absolute atomic E-state index is 12.8. The van der Waals surface area contributed by atoms with Crippen LogP contribution in [0.2, 0.25) is 0 Å². The fraction of sp³-hybridized carbons (Fsp3) is 0.450. The number of methoxy groups -OCH3 is 1. The molecule has 1 aromatic carbocycles. The van der Waals surface area contributed by atoms with Crippen molar-refractivity contribution < 1.29 is 9.53 Å². The molecule has 6 nitrogen and oxygen atoms in total. The van der Waals surface area contributed by atoms with Gasteiger partial charge in [0.15, 0.2) is 11.4 Å². The molecule has 1 N–H and O–H groups in total. The second kappa shape index (κ2) is 7.72. The Morgan fingerprint density at radius 2 is 1.92 bits per heavy atom. The third-order valence-electron chi connectivity index (χ3n) is 5.04. The summed E-state index contributed by atoms with van der Waals surface area (Å²) in [6.07, 6.45) is 4.39. The molecule has 1 aliphatic rings. The Kier molecular flexibility index (Phi) is 5.40. The zero-order valence-corrected chi connectivity index (χ0v) is 15.5. The molecule has 138 valence electrons. The number of carbonyl (C=O) groups excluding carboxylic acids is 1. The van der Waals surface area contributed by atoms with Gasteiger partial charge in [0.05, 0.1) is 18.9 Å². The number of hydrogen-bond donors (Lipinski definition) is 1. The molecule has 1 fully saturated rings. The molecule has 1 heterocycles. The van der Waals surface area contributed by atoms with Gasteiger partial charge in [-0.1, -0.05) is 37.5 Å². The summed E-state index contributed by atoms with van der Waals surface area (Å²) in [4.78, 5) is 25.2. The standard InChI is InChI=1S/C20H25N3O3/c1-13-8-10-15(11-9-13)23-18(24)12-17(26-3)19(22-23)20(25)21-16-7-5-4-6-14(16)2/h8-12,14,16H,4-7H2,1-3H3,(H,21,25)/t14-,16-/m0/s1. The highest BCUT2D eigenvalue weighted by Crippen LogP contribution is 2.24. The molecule has 1 amide bonds. The highest BCUT2D eigenvalue weighted by atomic mass is 16.5. The van der Waals surface area contributed by atoms with Gasteiger partial charge in [0, 0.05) is 6.04 Å². The molecule has 1 aliphatic carbocycles. The van der Waals surface area contributed by atoms with Crippen molar-refractivity contribution in [3.8, 4) is 11.4 Å². The minimum atomic E-state index is -0.340. The van der Waals surface area contributed by atoms with Crippen molar-refractivity contribution in [2.24, 2.45) is 5.92 Å². The van der Waals surface area contributed by atoms with Crippen LogP contribution >= 0.6 is 0 Å². The Morgan fingerprint density at radius 1 is 1.23 bits per heavy atom. The lowest BCUT2D eigenvalue weighted by Crippen LogP contribution is -2.42. The quantitative estimate of drug-likeness (QED) is 0.915. The molecule has 2 atom stereocenters. The van der Waals surface area contributed by atoms with Gasteiger partial charge in [-0.3, -0.25) is 9.59 Å². The fourth-order valence-electron chi connectivity index (χ4n) is 3.39. The number of ether oxygens (including phenoxy) is 1. The highest BCUT2D eigenvalue weighted by molar-refractivity contribution is 5.95. The zero-order valence-electron chi connectivity index (χ0n) is 15.5. The van der Waals surface area contributed by atoms with Crippen LogP contribution in [-0.4, -0.2) is 28.8 Å². The summed E-state index contributed by atoms with van der Waals surface area (Å²) in [5.41, 5.74) is 1.49. The molecule has 3 rings (SSSR count). The van der Waals surface area contributed by atoms with E-state index in [1.165, 1.54) is 24.3 Å². The van der Waals surface area contributed by atoms with E-state index in [2.05, 4.69) is 17.3 Å². The van der Waals surface area contributed by atoms with Crippen molar-refractivity contribution >= 4 is 5.91 Å². The molecular formula is C20H25N3O3. The molecule has 0 saturated heterocycles. The van der Waals surface area contributed by atoms with Gasteiger partial charge in [0.25, 0.3) is 11.5 Å². The van der Waals surface area contributed by atoms with Crippen LogP contribution in [0.4, 0.5) is 0 Å². The van der Waals surface area contributed by atoms with Crippen molar-refractivity contribution in [2.45, 2.75) is 45.6 Å². The minimum Gasteiger partial charge on any atom is -0.494 e. The second-order valence-electron chi connectivity index (χ2n) is 6.99. The number of aromatic nitrogens is 2. The molecule has 26 heavy (non-hydrogen) atoms. The van der Waals surface area contributed by atoms with Crippen LogP contribution in [0.5, 0.6) is 5.75 Å². The van der Waals surface area contributed by atoms with Crippen molar-refractivity contribution in [1.82, 2.24) is 15.1 Å². The smallest absolute Gasteiger partial charge is 0.275 e. The van der Waals surface area contributed by atoms with Crippen molar-refractivity contribution in [2.75, 3.05) is 7.11 Å². The van der Waals surface area contributed by atoms with Gasteiger partial charge in [-0.15, -0.1) is 0 Å². The van der Waals surface area contributed by atoms with Gasteiger partial charge in [0.1, 0.15) is 0 Å². The van der Waals surface area contributed by atoms with E-state index in [4.69, 9.17) is 4.74 Å². The lowest BCUT2D eigenvalue weighted by Gasteiger charge is -2.29. The predicted molar refractivity (Wildman–Crippen MR) is 100 cm³/mol. The third kappa shape index (κ3) is 3.79. The first-order valence-corrected chi connectivity index (χ1v) is 9.06. The van der Waals surface area contributed by atoms with Gasteiger partial charge < -0.3 is 10.1 Å². The van der Waals surface area contributed by atoms with E-state index in [0.717, 1.165) is 24.8 Å². The number of nitrogens with one attached hydrogen (secondary N) is 1. The summed E-state index contributed by atoms with van der Waals surface area (Å²) in [6.45, 7) is 4.13. The monoisotopic (exact) mass is 355 g/mol. The average Bonchev–Trinajstić information content (AvgIpc) is 2.64. The SMILES string of the molecule is COc1cc(=O)n(-c2ccc(C)cc2)nc1C(=O)N[C@H]1CCCC[C@@H]1C. The number of rotatable bonds is 4. The van der Waals surface area contributed by atoms with Crippen LogP contribution in [0.25, 0.3) is 5.69 Å². The molecule has 1 aromatic heterocycles. The molecule has 1 saturated carbocycles. The lowest BCUT2D eigenvalue weighted by molar-refractivity contribution is 0.0899. The molecule has 0 spiro atoms. The van der Waals surface area contributed by atoms with Gasteiger partial charge in [-0.25, -0.2) is 0 Å². The van der Waals surface area contributed by atoms with Crippen LogP contribution in [0.3, 0.4) is 0 Å². The maximum atomic E-state index is 12.8. The Bertz CT molecular complexity index is 842. The number of amides is 1. The van der Waals surface area contributed by atoms with Gasteiger partial charge in [0.2, 0.25) is 0 Å². The molecule has 2 aromatic rings. The summed E-state index contributed by atoms with van der Waals surface area (Å²) in [5, 5.41) is 7.37. The van der Waals surface area contributed by atoms with E-state index in [-0.39, 0.29) is 29.0 Å². The fourth-order valence-corrected chi connectivity index (χ4v) is 3.39. The van der Waals surface area contributed by atoms with Crippen LogP contribution in [0, 0.1) is 12.8 Å². The number of hydrogen-bond acceptors (Lipinski definition) is 4. The van der Waals surface area contributed by atoms with E-state index < -0.39 is 0 Å². The first kappa shape index (κ1) is 18.2. The maximum Gasteiger partial charge on any atom is 0.275 e. The number of nitrogens with zero attached hydrogens (tertiary/aromatic N) is 2. The van der Waals surface area contributed by atoms with E-state index in [0.29, 0.717) is 11.6 Å². The highest BCUT2D eigenvalue weighted by Gasteiger charge is 2.26. The summed E-state index contributed by atoms with van der Waals surface area (Å²) in [5.74, 6) is 0.322. The Hall–Kier alpha value is -2.63. The summed E-state index contributed by atoms with van der Waals surface area (Å²) in [7, 11) is 1.44. The average molecular weight is 355 g/mol. The molecule has 0 aliphatic heterocycles. The minimum absolute atomic E-state index is 0.127. The molecular weight excluding hydrogens is 330 g/mol. The van der Waals surface area contributed by atoms with Crippen LogP contribution in [-0.2, 0) is 0 Å². The number of benzene rings is 1. The third-order valence-corrected chi connectivity index (χ3v) is 5.04. The van der Waals surface area contributed by atoms with Gasteiger partial charge in [-0.2, -0.15) is 9.78 Å². The van der Waals surface area contributed by atoms with Crippen LogP contribution in [0.15, 0.2) is 35.1 Å². The van der Waals surface area contributed by atoms with Crippen LogP contribution < -0.4 is 15.6 Å². The Balaban J connectivity index is 1.94. The molecule has 0 unspecified atom stereocenters. The van der Waals surface area contributed by atoms with E-state index in [9.17, 15) is 9.59 Å². The predicted octanol–water partition coefficient (Wildman–Crippen LogP) is 2.86. The van der Waals surface area contributed by atoms with E-state index >= 15 is 0 Å². The normalized spacial score (nSPS) is 19.8. The molecule has 0 bridgehead atoms. The topological polar surface area (TPSA) is 73.2 Å². The van der Waals surface area contributed by atoms with E-state index in [1.54, 1.807) is 12.1 Å². The van der Waals surface area contributed by atoms with Crippen LogP contribution in [0.1, 0.15) is 48.7 Å². The zero-order chi connectivity index (χ0) is 18.7. The van der Waals surface area contributed by atoms with Crippen molar-refractivity contribution in [1.29, 1.82) is 0 Å². The molecule has 6 heteroatoms. The largest absolute Gasteiger partial charge is 0.494 e. The van der Waals surface area contributed by atoms with Crippen molar-refractivity contribution in [3.05, 3.63) is 51.9 Å². The Morgan fingerprint density at radius 3 is 2.58 bits per heavy atom. The first-order chi connectivity index (χ1) is 12.5. The number of carbonyl (C=O) groups is 1. The van der Waals surface area contributed by atoms with Crippen molar-refractivity contribution in [3.63, 3.8) is 0 Å². The summed E-state index contributed by atoms with van der Waals surface area (Å²) >= 11 is 0. The lowest BCUT2D eigenvalue weighted by atomic mass is 9.86.